The Labute approximate surface area is 119 Å². The lowest BCUT2D eigenvalue weighted by atomic mass is 10.3. The van der Waals surface area contributed by atoms with Gasteiger partial charge in [-0.25, -0.2) is 17.8 Å². The van der Waals surface area contributed by atoms with Crippen LogP contribution in [0.2, 0.25) is 0 Å². The maximum atomic E-state index is 13.5. The van der Waals surface area contributed by atoms with Crippen molar-refractivity contribution in [1.82, 2.24) is 4.98 Å². The second kappa shape index (κ2) is 4.84. The van der Waals surface area contributed by atoms with E-state index in [1.807, 2.05) is 0 Å². The molecule has 0 saturated heterocycles. The quantitative estimate of drug-likeness (QED) is 0.808. The van der Waals surface area contributed by atoms with E-state index in [0.717, 1.165) is 11.3 Å². The fraction of sp³-hybridized carbons (Fsp3) is 0. The molecule has 0 fully saturated rings. The second-order valence-electron chi connectivity index (χ2n) is 4.02. The third-order valence-electron chi connectivity index (χ3n) is 2.64. The summed E-state index contributed by atoms with van der Waals surface area (Å²) >= 11 is 1.09. The molecular formula is C13H9FN2O2S2. The Hall–Kier alpha value is -1.99. The van der Waals surface area contributed by atoms with Crippen molar-refractivity contribution >= 4 is 36.7 Å². The molecule has 0 amide bonds. The summed E-state index contributed by atoms with van der Waals surface area (Å²) in [5.74, 6) is -0.469. The summed E-state index contributed by atoms with van der Waals surface area (Å²) in [6, 6.07) is 12.5. The molecule has 20 heavy (non-hydrogen) atoms. The van der Waals surface area contributed by atoms with E-state index >= 15 is 0 Å². The van der Waals surface area contributed by atoms with Gasteiger partial charge in [-0.3, -0.25) is 4.72 Å². The van der Waals surface area contributed by atoms with Gasteiger partial charge in [0.25, 0.3) is 10.0 Å². The number of hydrogen-bond acceptors (Lipinski definition) is 4. The van der Waals surface area contributed by atoms with Crippen LogP contribution in [0.15, 0.2) is 53.4 Å². The topological polar surface area (TPSA) is 59.1 Å². The lowest BCUT2D eigenvalue weighted by molar-refractivity contribution is 0.601. The number of halogens is 1. The summed E-state index contributed by atoms with van der Waals surface area (Å²) in [5, 5.41) is 0.147. The minimum absolute atomic E-state index is 0.139. The molecular weight excluding hydrogens is 299 g/mol. The molecule has 0 radical (unpaired) electrons. The number of para-hydroxylation sites is 1. The molecule has 0 aliphatic rings. The number of rotatable bonds is 3. The first-order valence-electron chi connectivity index (χ1n) is 5.69. The van der Waals surface area contributed by atoms with Crippen LogP contribution in [-0.2, 0) is 10.0 Å². The first-order chi connectivity index (χ1) is 9.56. The van der Waals surface area contributed by atoms with Crippen molar-refractivity contribution in [2.75, 3.05) is 4.72 Å². The number of nitrogens with zero attached hydrogens (tertiary/aromatic N) is 1. The Bertz CT molecular complexity index is 860. The summed E-state index contributed by atoms with van der Waals surface area (Å²) in [6.07, 6.45) is 0. The Morgan fingerprint density at radius 1 is 1.05 bits per heavy atom. The van der Waals surface area contributed by atoms with E-state index < -0.39 is 15.8 Å². The van der Waals surface area contributed by atoms with Crippen LogP contribution in [0.4, 0.5) is 9.52 Å². The van der Waals surface area contributed by atoms with E-state index in [4.69, 9.17) is 0 Å². The number of benzene rings is 2. The summed E-state index contributed by atoms with van der Waals surface area (Å²) < 4.78 is 40.7. The van der Waals surface area contributed by atoms with Gasteiger partial charge in [-0.05, 0) is 24.3 Å². The summed E-state index contributed by atoms with van der Waals surface area (Å²) in [5.41, 5.74) is 0.170. The standard InChI is InChI=1S/C13H9FN2O2S2/c14-10-7-4-8-11-12(10)15-13(19-11)16-20(17,18)9-5-2-1-3-6-9/h1-8H,(H,15,16). The molecule has 3 aromatic rings. The van der Waals surface area contributed by atoms with E-state index in [1.165, 1.54) is 18.2 Å². The Kier molecular flexibility index (Phi) is 3.15. The van der Waals surface area contributed by atoms with Gasteiger partial charge < -0.3 is 0 Å². The number of aromatic nitrogens is 1. The smallest absolute Gasteiger partial charge is 0.255 e. The lowest BCUT2D eigenvalue weighted by Gasteiger charge is -2.03. The Balaban J connectivity index is 1.99. The van der Waals surface area contributed by atoms with Crippen molar-refractivity contribution in [3.63, 3.8) is 0 Å². The average Bonchev–Trinajstić information content (AvgIpc) is 2.83. The van der Waals surface area contributed by atoms with E-state index in [2.05, 4.69) is 9.71 Å². The molecule has 4 nitrogen and oxygen atoms in total. The van der Waals surface area contributed by atoms with Crippen LogP contribution in [0.5, 0.6) is 0 Å². The molecule has 1 heterocycles. The lowest BCUT2D eigenvalue weighted by Crippen LogP contribution is -2.12. The SMILES string of the molecule is O=S(=O)(Nc1nc2c(F)cccc2s1)c1ccccc1. The van der Waals surface area contributed by atoms with Gasteiger partial charge in [0.05, 0.1) is 9.60 Å². The Morgan fingerprint density at radius 3 is 2.50 bits per heavy atom. The summed E-state index contributed by atoms with van der Waals surface area (Å²) in [6.45, 7) is 0. The van der Waals surface area contributed by atoms with Crippen LogP contribution in [0.3, 0.4) is 0 Å². The van der Waals surface area contributed by atoms with E-state index in [9.17, 15) is 12.8 Å². The molecule has 0 aliphatic heterocycles. The molecule has 1 N–H and O–H groups in total. The fourth-order valence-electron chi connectivity index (χ4n) is 1.73. The molecule has 1 aromatic heterocycles. The van der Waals surface area contributed by atoms with Gasteiger partial charge in [0, 0.05) is 0 Å². The van der Waals surface area contributed by atoms with Crippen LogP contribution in [0.1, 0.15) is 0 Å². The number of nitrogens with one attached hydrogen (secondary N) is 1. The molecule has 0 unspecified atom stereocenters. The van der Waals surface area contributed by atoms with Gasteiger partial charge >= 0.3 is 0 Å². The number of fused-ring (bicyclic) bond motifs is 1. The van der Waals surface area contributed by atoms with Crippen LogP contribution >= 0.6 is 11.3 Å². The largest absolute Gasteiger partial charge is 0.263 e. The van der Waals surface area contributed by atoms with Gasteiger partial charge in [0.15, 0.2) is 5.13 Å². The van der Waals surface area contributed by atoms with Crippen LogP contribution < -0.4 is 4.72 Å². The van der Waals surface area contributed by atoms with Crippen LogP contribution in [0.25, 0.3) is 10.2 Å². The minimum atomic E-state index is -3.70. The normalized spacial score (nSPS) is 11.7. The molecule has 0 atom stereocenters. The van der Waals surface area contributed by atoms with Crippen molar-refractivity contribution in [1.29, 1.82) is 0 Å². The zero-order valence-corrected chi connectivity index (χ0v) is 11.7. The molecule has 0 spiro atoms. The van der Waals surface area contributed by atoms with Crippen molar-refractivity contribution in [2.45, 2.75) is 4.90 Å². The number of anilines is 1. The maximum absolute atomic E-state index is 13.5. The zero-order valence-electron chi connectivity index (χ0n) is 10.1. The maximum Gasteiger partial charge on any atom is 0.263 e. The van der Waals surface area contributed by atoms with Crippen molar-refractivity contribution < 1.29 is 12.8 Å². The monoisotopic (exact) mass is 308 g/mol. The molecule has 0 saturated carbocycles. The van der Waals surface area contributed by atoms with E-state index in [0.29, 0.717) is 4.70 Å². The predicted octanol–water partition coefficient (Wildman–Crippen LogP) is 3.24. The summed E-state index contributed by atoms with van der Waals surface area (Å²) in [7, 11) is -3.70. The van der Waals surface area contributed by atoms with Crippen LogP contribution in [0, 0.1) is 5.82 Å². The first kappa shape index (κ1) is 13.0. The highest BCUT2D eigenvalue weighted by Gasteiger charge is 2.16. The first-order valence-corrected chi connectivity index (χ1v) is 7.99. The van der Waals surface area contributed by atoms with Crippen molar-refractivity contribution in [3.8, 4) is 0 Å². The fourth-order valence-corrected chi connectivity index (χ4v) is 3.87. The molecule has 0 aliphatic carbocycles. The zero-order chi connectivity index (χ0) is 14.2. The predicted molar refractivity (Wildman–Crippen MR) is 76.8 cm³/mol. The van der Waals surface area contributed by atoms with Gasteiger partial charge in [-0.15, -0.1) is 0 Å². The molecule has 102 valence electrons. The van der Waals surface area contributed by atoms with E-state index in [-0.39, 0.29) is 15.5 Å². The van der Waals surface area contributed by atoms with Crippen molar-refractivity contribution in [2.24, 2.45) is 0 Å². The van der Waals surface area contributed by atoms with E-state index in [1.54, 1.807) is 30.3 Å². The Morgan fingerprint density at radius 2 is 1.80 bits per heavy atom. The molecule has 7 heteroatoms. The highest BCUT2D eigenvalue weighted by atomic mass is 32.2. The minimum Gasteiger partial charge on any atom is -0.255 e. The molecule has 0 bridgehead atoms. The second-order valence-corrected chi connectivity index (χ2v) is 6.74. The molecule has 3 rings (SSSR count). The van der Waals surface area contributed by atoms with Gasteiger partial charge in [-0.1, -0.05) is 35.6 Å². The van der Waals surface area contributed by atoms with Gasteiger partial charge in [0.1, 0.15) is 11.3 Å². The highest BCUT2D eigenvalue weighted by molar-refractivity contribution is 7.93. The van der Waals surface area contributed by atoms with Crippen molar-refractivity contribution in [3.05, 3.63) is 54.3 Å². The highest BCUT2D eigenvalue weighted by Crippen LogP contribution is 2.28. The number of hydrogen-bond donors (Lipinski definition) is 1. The van der Waals surface area contributed by atoms with Gasteiger partial charge in [0.2, 0.25) is 0 Å². The summed E-state index contributed by atoms with van der Waals surface area (Å²) in [4.78, 5) is 4.11. The van der Waals surface area contributed by atoms with Crippen LogP contribution in [-0.4, -0.2) is 13.4 Å². The number of thiazole rings is 1. The van der Waals surface area contributed by atoms with Gasteiger partial charge in [-0.2, -0.15) is 0 Å². The molecule has 2 aromatic carbocycles. The third-order valence-corrected chi connectivity index (χ3v) is 5.07. The third kappa shape index (κ3) is 2.37. The number of sulfonamides is 1. The average molecular weight is 308 g/mol.